The summed E-state index contributed by atoms with van der Waals surface area (Å²) in [6.07, 6.45) is 14.1. The molecule has 0 saturated carbocycles. The predicted molar refractivity (Wildman–Crippen MR) is 102 cm³/mol. The minimum Gasteiger partial charge on any atom is -0.483 e. The molecule has 2 aliphatic heterocycles. The zero-order chi connectivity index (χ0) is 18.0. The average molecular weight is 349 g/mol. The van der Waals surface area contributed by atoms with Crippen molar-refractivity contribution in [1.29, 1.82) is 0 Å². The Balaban J connectivity index is 1.42. The van der Waals surface area contributed by atoms with Crippen molar-refractivity contribution in [3.05, 3.63) is 59.9 Å². The van der Waals surface area contributed by atoms with Crippen molar-refractivity contribution in [2.24, 2.45) is 7.05 Å². The van der Waals surface area contributed by atoms with Crippen LogP contribution in [0.4, 0.5) is 0 Å². The minimum atomic E-state index is -0.295. The normalized spacial score (nSPS) is 22.3. The number of aryl methyl sites for hydroxylation is 1. The Kier molecular flexibility index (Phi) is 4.37. The lowest BCUT2D eigenvalue weighted by Crippen LogP contribution is -2.37. The van der Waals surface area contributed by atoms with Gasteiger partial charge in [0.05, 0.1) is 6.20 Å². The van der Waals surface area contributed by atoms with E-state index in [4.69, 9.17) is 4.74 Å². The number of carbonyl (C=O) groups excluding carboxylic acids is 1. The molecule has 3 heterocycles. The van der Waals surface area contributed by atoms with Crippen LogP contribution >= 0.6 is 0 Å². The molecule has 0 unspecified atom stereocenters. The molecule has 4 rings (SSSR count). The summed E-state index contributed by atoms with van der Waals surface area (Å²) in [7, 11) is 1.86. The Hall–Kier alpha value is -2.82. The molecule has 0 N–H and O–H groups in total. The fraction of sp³-hybridized carbons (Fsp3) is 0.333. The van der Waals surface area contributed by atoms with Crippen molar-refractivity contribution in [2.45, 2.75) is 24.9 Å². The Bertz CT molecular complexity index is 868. The number of hydrogen-bond donors (Lipinski definition) is 0. The smallest absolute Gasteiger partial charge is 0.246 e. The molecule has 134 valence electrons. The number of benzene rings is 1. The Labute approximate surface area is 153 Å². The molecule has 5 nitrogen and oxygen atoms in total. The second-order valence-corrected chi connectivity index (χ2v) is 7.00. The van der Waals surface area contributed by atoms with Crippen LogP contribution in [0.2, 0.25) is 0 Å². The average Bonchev–Trinajstić information content (AvgIpc) is 2.96. The molecule has 2 aromatic rings. The Morgan fingerprint density at radius 3 is 3.00 bits per heavy atom. The number of nitrogens with zero attached hydrogens (tertiary/aromatic N) is 3. The highest BCUT2D eigenvalue weighted by atomic mass is 16.5. The number of para-hydroxylation sites is 1. The molecule has 1 amide bonds. The maximum atomic E-state index is 12.6. The number of carbonyl (C=O) groups is 1. The van der Waals surface area contributed by atoms with Gasteiger partial charge in [-0.25, -0.2) is 0 Å². The molecule has 1 saturated heterocycles. The van der Waals surface area contributed by atoms with Crippen LogP contribution in [-0.4, -0.2) is 39.3 Å². The van der Waals surface area contributed by atoms with E-state index in [1.807, 2.05) is 42.4 Å². The van der Waals surface area contributed by atoms with Gasteiger partial charge in [-0.15, -0.1) is 0 Å². The molecule has 1 spiro atoms. The number of likely N-dealkylation sites (tertiary alicyclic amines) is 1. The van der Waals surface area contributed by atoms with Crippen LogP contribution in [0.3, 0.4) is 0 Å². The van der Waals surface area contributed by atoms with E-state index in [0.29, 0.717) is 6.54 Å². The molecule has 5 heteroatoms. The van der Waals surface area contributed by atoms with Crippen LogP contribution in [0.15, 0.2) is 48.8 Å². The van der Waals surface area contributed by atoms with Gasteiger partial charge in [0.1, 0.15) is 11.4 Å². The topological polar surface area (TPSA) is 47.4 Å². The van der Waals surface area contributed by atoms with Gasteiger partial charge in [-0.05, 0) is 31.1 Å². The van der Waals surface area contributed by atoms with Gasteiger partial charge in [0, 0.05) is 50.0 Å². The van der Waals surface area contributed by atoms with Crippen molar-refractivity contribution >= 4 is 18.1 Å². The van der Waals surface area contributed by atoms with Crippen LogP contribution in [0.25, 0.3) is 12.2 Å². The summed E-state index contributed by atoms with van der Waals surface area (Å²) < 4.78 is 8.07. The first-order valence-electron chi connectivity index (χ1n) is 9.07. The van der Waals surface area contributed by atoms with E-state index in [1.54, 1.807) is 17.0 Å². The first-order chi connectivity index (χ1) is 12.6. The largest absolute Gasteiger partial charge is 0.483 e. The summed E-state index contributed by atoms with van der Waals surface area (Å²) in [5.41, 5.74) is 1.76. The number of rotatable bonds is 2. The fourth-order valence-corrected chi connectivity index (χ4v) is 3.62. The molecule has 0 radical (unpaired) electrons. The maximum absolute atomic E-state index is 12.6. The van der Waals surface area contributed by atoms with E-state index in [0.717, 1.165) is 42.7 Å². The van der Waals surface area contributed by atoms with Gasteiger partial charge in [-0.1, -0.05) is 24.3 Å². The van der Waals surface area contributed by atoms with E-state index < -0.39 is 0 Å². The summed E-state index contributed by atoms with van der Waals surface area (Å²) in [5.74, 6) is 0.984. The van der Waals surface area contributed by atoms with Gasteiger partial charge in [0.15, 0.2) is 0 Å². The minimum absolute atomic E-state index is 0.0473. The first kappa shape index (κ1) is 16.6. The summed E-state index contributed by atoms with van der Waals surface area (Å²) >= 11 is 0. The quantitative estimate of drug-likeness (QED) is 0.782. The van der Waals surface area contributed by atoms with Gasteiger partial charge >= 0.3 is 0 Å². The monoisotopic (exact) mass is 349 g/mol. The lowest BCUT2D eigenvalue weighted by molar-refractivity contribution is -0.126. The van der Waals surface area contributed by atoms with Gasteiger partial charge in [0.2, 0.25) is 5.91 Å². The summed E-state index contributed by atoms with van der Waals surface area (Å²) in [6, 6.07) is 8.10. The molecule has 1 atom stereocenters. The Morgan fingerprint density at radius 2 is 2.15 bits per heavy atom. The zero-order valence-electron chi connectivity index (χ0n) is 15.0. The van der Waals surface area contributed by atoms with Crippen LogP contribution in [0.1, 0.15) is 30.4 Å². The number of hydrogen-bond acceptors (Lipinski definition) is 3. The second-order valence-electron chi connectivity index (χ2n) is 7.00. The third-order valence-corrected chi connectivity index (χ3v) is 5.09. The molecule has 2 aliphatic rings. The van der Waals surface area contributed by atoms with E-state index in [2.05, 4.69) is 23.3 Å². The van der Waals surface area contributed by atoms with Crippen LogP contribution < -0.4 is 4.74 Å². The lowest BCUT2D eigenvalue weighted by Gasteiger charge is -2.34. The molecular weight excluding hydrogens is 326 g/mol. The van der Waals surface area contributed by atoms with Crippen molar-refractivity contribution in [2.75, 3.05) is 13.1 Å². The van der Waals surface area contributed by atoms with Crippen LogP contribution in [0, 0.1) is 0 Å². The van der Waals surface area contributed by atoms with E-state index in [-0.39, 0.29) is 11.5 Å². The van der Waals surface area contributed by atoms with Gasteiger partial charge in [0.25, 0.3) is 0 Å². The predicted octanol–water partition coefficient (Wildman–Crippen LogP) is 3.29. The number of fused-ring (bicyclic) bond motifs is 1. The molecule has 26 heavy (non-hydrogen) atoms. The van der Waals surface area contributed by atoms with E-state index in [1.165, 1.54) is 0 Å². The van der Waals surface area contributed by atoms with Gasteiger partial charge < -0.3 is 9.64 Å². The first-order valence-corrected chi connectivity index (χ1v) is 9.07. The molecule has 1 fully saturated rings. The number of ether oxygens (including phenoxy) is 1. The van der Waals surface area contributed by atoms with Gasteiger partial charge in [-0.3, -0.25) is 9.48 Å². The highest BCUT2D eigenvalue weighted by Crippen LogP contribution is 2.36. The lowest BCUT2D eigenvalue weighted by atomic mass is 9.91. The molecule has 0 bridgehead atoms. The third kappa shape index (κ3) is 3.43. The molecular formula is C21H23N3O2. The van der Waals surface area contributed by atoms with E-state index in [9.17, 15) is 4.79 Å². The van der Waals surface area contributed by atoms with E-state index >= 15 is 0 Å². The van der Waals surface area contributed by atoms with Crippen LogP contribution in [0.5, 0.6) is 5.75 Å². The standard InChI is InChI=1S/C21H23N3O2/c1-23-16-17(15-22-23)7-8-20(25)24-13-4-10-21(12-14-24)11-9-18-5-2-3-6-19(18)26-21/h2-3,5-9,11,15-16H,4,10,12-14H2,1H3/b8-7+/t21-/m1/s1. The molecule has 1 aromatic carbocycles. The number of amides is 1. The second kappa shape index (κ2) is 6.83. The van der Waals surface area contributed by atoms with Crippen molar-refractivity contribution < 1.29 is 9.53 Å². The van der Waals surface area contributed by atoms with Crippen molar-refractivity contribution in [3.63, 3.8) is 0 Å². The zero-order valence-corrected chi connectivity index (χ0v) is 15.0. The summed E-state index contributed by atoms with van der Waals surface area (Å²) in [4.78, 5) is 14.5. The highest BCUT2D eigenvalue weighted by Gasteiger charge is 2.35. The van der Waals surface area contributed by atoms with Crippen molar-refractivity contribution in [1.82, 2.24) is 14.7 Å². The SMILES string of the molecule is Cn1cc(/C=C/C(=O)N2CCC[C@@]3(C=Cc4ccccc4O3)CC2)cn1. The summed E-state index contributed by atoms with van der Waals surface area (Å²) in [6.45, 7) is 1.46. The summed E-state index contributed by atoms with van der Waals surface area (Å²) in [5, 5.41) is 4.11. The third-order valence-electron chi connectivity index (χ3n) is 5.09. The molecule has 1 aromatic heterocycles. The van der Waals surface area contributed by atoms with Gasteiger partial charge in [-0.2, -0.15) is 5.10 Å². The fourth-order valence-electron chi connectivity index (χ4n) is 3.62. The molecule has 0 aliphatic carbocycles. The Morgan fingerprint density at radius 1 is 1.27 bits per heavy atom. The highest BCUT2D eigenvalue weighted by molar-refractivity contribution is 5.91. The van der Waals surface area contributed by atoms with Crippen LogP contribution in [-0.2, 0) is 11.8 Å². The van der Waals surface area contributed by atoms with Crippen molar-refractivity contribution in [3.8, 4) is 5.75 Å². The number of aromatic nitrogens is 2. The maximum Gasteiger partial charge on any atom is 0.246 e.